The van der Waals surface area contributed by atoms with Gasteiger partial charge in [-0.2, -0.15) is 0 Å². The van der Waals surface area contributed by atoms with E-state index in [1.807, 2.05) is 12.4 Å². The van der Waals surface area contributed by atoms with Crippen molar-refractivity contribution in [2.45, 2.75) is 19.9 Å². The third-order valence-electron chi connectivity index (χ3n) is 3.77. The first-order valence-electron chi connectivity index (χ1n) is 7.42. The fraction of sp³-hybridized carbons (Fsp3) is 0.211. The van der Waals surface area contributed by atoms with Gasteiger partial charge in [-0.25, -0.2) is 0 Å². The van der Waals surface area contributed by atoms with Gasteiger partial charge in [-0.1, -0.05) is 55.5 Å². The minimum Gasteiger partial charge on any atom is -0.306 e. The highest BCUT2D eigenvalue weighted by molar-refractivity contribution is 5.86. The monoisotopic (exact) mass is 276 g/mol. The number of benzene rings is 2. The van der Waals surface area contributed by atoms with E-state index in [2.05, 4.69) is 72.7 Å². The number of nitrogens with zero attached hydrogens (tertiary/aromatic N) is 1. The largest absolute Gasteiger partial charge is 0.306 e. The van der Waals surface area contributed by atoms with Crippen LogP contribution in [-0.2, 0) is 0 Å². The van der Waals surface area contributed by atoms with Crippen molar-refractivity contribution in [1.29, 1.82) is 0 Å². The summed E-state index contributed by atoms with van der Waals surface area (Å²) in [6.45, 7) is 5.14. The highest BCUT2D eigenvalue weighted by Gasteiger charge is 2.15. The number of nitrogens with one attached hydrogen (secondary N) is 1. The first-order chi connectivity index (χ1) is 10.3. The Morgan fingerprint density at radius 3 is 2.67 bits per heavy atom. The maximum atomic E-state index is 4.35. The van der Waals surface area contributed by atoms with Crippen LogP contribution in [0.15, 0.2) is 60.9 Å². The molecule has 1 N–H and O–H groups in total. The molecule has 0 aliphatic rings. The topological polar surface area (TPSA) is 24.9 Å². The number of aryl methyl sites for hydroxylation is 1. The maximum Gasteiger partial charge on any atom is 0.0598 e. The van der Waals surface area contributed by atoms with Gasteiger partial charge < -0.3 is 5.32 Å². The van der Waals surface area contributed by atoms with Crippen LogP contribution in [0, 0.1) is 6.92 Å². The van der Waals surface area contributed by atoms with E-state index in [4.69, 9.17) is 0 Å². The average Bonchev–Trinajstić information content (AvgIpc) is 2.52. The Morgan fingerprint density at radius 2 is 1.86 bits per heavy atom. The van der Waals surface area contributed by atoms with Crippen LogP contribution in [0.3, 0.4) is 0 Å². The van der Waals surface area contributed by atoms with Gasteiger partial charge in [0.25, 0.3) is 0 Å². The van der Waals surface area contributed by atoms with Gasteiger partial charge in [0.15, 0.2) is 0 Å². The molecule has 3 aromatic rings. The fourth-order valence-electron chi connectivity index (χ4n) is 2.85. The van der Waals surface area contributed by atoms with Gasteiger partial charge in [0.2, 0.25) is 0 Å². The zero-order chi connectivity index (χ0) is 14.7. The van der Waals surface area contributed by atoms with Gasteiger partial charge in [0, 0.05) is 12.4 Å². The van der Waals surface area contributed by atoms with Crippen LogP contribution >= 0.6 is 0 Å². The van der Waals surface area contributed by atoms with Gasteiger partial charge in [-0.3, -0.25) is 4.98 Å². The summed E-state index contributed by atoms with van der Waals surface area (Å²) in [6.07, 6.45) is 3.86. The molecule has 0 saturated carbocycles. The molecule has 1 aromatic heterocycles. The van der Waals surface area contributed by atoms with E-state index in [-0.39, 0.29) is 6.04 Å². The predicted molar refractivity (Wildman–Crippen MR) is 88.4 cm³/mol. The Morgan fingerprint density at radius 1 is 1.05 bits per heavy atom. The number of aromatic nitrogens is 1. The lowest BCUT2D eigenvalue weighted by Crippen LogP contribution is -2.22. The standard InChI is InChI=1S/C19H20N2/c1-3-21-19(16-11-14(2)12-20-13-16)18-10-6-8-15-7-4-5-9-17(15)18/h4-13,19,21H,3H2,1-2H3. The number of pyridine rings is 1. The quantitative estimate of drug-likeness (QED) is 0.771. The molecule has 0 amide bonds. The molecule has 0 bridgehead atoms. The Hall–Kier alpha value is -2.19. The molecule has 2 nitrogen and oxygen atoms in total. The van der Waals surface area contributed by atoms with Crippen LogP contribution in [0.5, 0.6) is 0 Å². The van der Waals surface area contributed by atoms with Crippen molar-refractivity contribution in [3.05, 3.63) is 77.6 Å². The average molecular weight is 276 g/mol. The molecule has 1 unspecified atom stereocenters. The van der Waals surface area contributed by atoms with Crippen molar-refractivity contribution >= 4 is 10.8 Å². The van der Waals surface area contributed by atoms with E-state index in [0.29, 0.717) is 0 Å². The Kier molecular flexibility index (Phi) is 3.98. The van der Waals surface area contributed by atoms with E-state index in [9.17, 15) is 0 Å². The lowest BCUT2D eigenvalue weighted by molar-refractivity contribution is 0.632. The number of hydrogen-bond donors (Lipinski definition) is 1. The Bertz CT molecular complexity index is 744. The van der Waals surface area contributed by atoms with Gasteiger partial charge >= 0.3 is 0 Å². The summed E-state index contributed by atoms with van der Waals surface area (Å²) >= 11 is 0. The zero-order valence-corrected chi connectivity index (χ0v) is 12.5. The molecule has 0 radical (unpaired) electrons. The Balaban J connectivity index is 2.16. The van der Waals surface area contributed by atoms with Crippen molar-refractivity contribution in [2.75, 3.05) is 6.54 Å². The molecule has 0 fully saturated rings. The second-order valence-electron chi connectivity index (χ2n) is 5.35. The minimum atomic E-state index is 0.175. The minimum absolute atomic E-state index is 0.175. The van der Waals surface area contributed by atoms with Crippen molar-refractivity contribution in [3.63, 3.8) is 0 Å². The predicted octanol–water partition coefficient (Wildman–Crippen LogP) is 4.24. The van der Waals surface area contributed by atoms with Crippen molar-refractivity contribution in [1.82, 2.24) is 10.3 Å². The summed E-state index contributed by atoms with van der Waals surface area (Å²) in [7, 11) is 0. The van der Waals surface area contributed by atoms with Gasteiger partial charge in [0.05, 0.1) is 6.04 Å². The molecule has 0 aliphatic carbocycles. The molecule has 21 heavy (non-hydrogen) atoms. The van der Waals surface area contributed by atoms with E-state index in [0.717, 1.165) is 6.54 Å². The smallest absolute Gasteiger partial charge is 0.0598 e. The summed E-state index contributed by atoms with van der Waals surface area (Å²) in [4.78, 5) is 4.35. The highest BCUT2D eigenvalue weighted by Crippen LogP contribution is 2.28. The molecule has 1 heterocycles. The van der Waals surface area contributed by atoms with Gasteiger partial charge in [0.1, 0.15) is 0 Å². The molecule has 2 aromatic carbocycles. The van der Waals surface area contributed by atoms with E-state index in [1.54, 1.807) is 0 Å². The summed E-state index contributed by atoms with van der Waals surface area (Å²) in [5, 5.41) is 6.17. The van der Waals surface area contributed by atoms with Crippen LogP contribution in [0.4, 0.5) is 0 Å². The fourth-order valence-corrected chi connectivity index (χ4v) is 2.85. The lowest BCUT2D eigenvalue weighted by atomic mass is 9.94. The molecule has 2 heteroatoms. The van der Waals surface area contributed by atoms with E-state index in [1.165, 1.54) is 27.5 Å². The number of fused-ring (bicyclic) bond motifs is 1. The van der Waals surface area contributed by atoms with Gasteiger partial charge in [-0.15, -0.1) is 0 Å². The molecule has 0 spiro atoms. The molecule has 3 rings (SSSR count). The summed E-state index contributed by atoms with van der Waals surface area (Å²) in [5.74, 6) is 0. The van der Waals surface area contributed by atoms with E-state index < -0.39 is 0 Å². The van der Waals surface area contributed by atoms with Crippen LogP contribution in [0.25, 0.3) is 10.8 Å². The molecule has 106 valence electrons. The third kappa shape index (κ3) is 2.81. The first kappa shape index (κ1) is 13.8. The second-order valence-corrected chi connectivity index (χ2v) is 5.35. The van der Waals surface area contributed by atoms with Gasteiger partial charge in [-0.05, 0) is 40.9 Å². The zero-order valence-electron chi connectivity index (χ0n) is 12.5. The number of hydrogen-bond acceptors (Lipinski definition) is 2. The molecule has 0 aliphatic heterocycles. The SMILES string of the molecule is CCNC(c1cncc(C)c1)c1cccc2ccccc12. The summed E-state index contributed by atoms with van der Waals surface area (Å²) < 4.78 is 0. The van der Waals surface area contributed by atoms with Crippen LogP contribution in [-0.4, -0.2) is 11.5 Å². The summed E-state index contributed by atoms with van der Waals surface area (Å²) in [6, 6.07) is 17.4. The van der Waals surface area contributed by atoms with Crippen LogP contribution in [0.2, 0.25) is 0 Å². The van der Waals surface area contributed by atoms with Crippen molar-refractivity contribution in [3.8, 4) is 0 Å². The number of rotatable bonds is 4. The lowest BCUT2D eigenvalue weighted by Gasteiger charge is -2.21. The molecule has 1 atom stereocenters. The maximum absolute atomic E-state index is 4.35. The summed E-state index contributed by atoms with van der Waals surface area (Å²) in [5.41, 5.74) is 3.71. The third-order valence-corrected chi connectivity index (χ3v) is 3.77. The van der Waals surface area contributed by atoms with Crippen molar-refractivity contribution < 1.29 is 0 Å². The second kappa shape index (κ2) is 6.06. The van der Waals surface area contributed by atoms with Crippen LogP contribution < -0.4 is 5.32 Å². The normalized spacial score (nSPS) is 12.5. The van der Waals surface area contributed by atoms with E-state index >= 15 is 0 Å². The van der Waals surface area contributed by atoms with Crippen molar-refractivity contribution in [2.24, 2.45) is 0 Å². The van der Waals surface area contributed by atoms with Crippen LogP contribution in [0.1, 0.15) is 29.7 Å². The Labute approximate surface area is 125 Å². The molecule has 0 saturated heterocycles. The molecular formula is C19H20N2. The molecular weight excluding hydrogens is 256 g/mol. The first-order valence-corrected chi connectivity index (χ1v) is 7.42. The highest BCUT2D eigenvalue weighted by atomic mass is 14.9.